The molecule has 0 aromatic carbocycles. The highest BCUT2D eigenvalue weighted by molar-refractivity contribution is 4.96. The lowest BCUT2D eigenvalue weighted by Crippen LogP contribution is -2.37. The van der Waals surface area contributed by atoms with Gasteiger partial charge in [0.25, 0.3) is 0 Å². The Hall–Kier alpha value is -0.870. The Bertz CT molecular complexity index is 324. The van der Waals surface area contributed by atoms with Crippen LogP contribution in [0.5, 0.6) is 0 Å². The molecule has 1 N–H and O–H groups in total. The number of hydrogen-bond acceptors (Lipinski definition) is 3. The van der Waals surface area contributed by atoms with E-state index in [0.29, 0.717) is 6.04 Å². The van der Waals surface area contributed by atoms with E-state index in [4.69, 9.17) is 4.74 Å². The average Bonchev–Trinajstić information content (AvgIpc) is 2.74. The molecule has 4 nitrogen and oxygen atoms in total. The van der Waals surface area contributed by atoms with Crippen LogP contribution in [0.3, 0.4) is 0 Å². The fraction of sp³-hybridized carbons (Fsp3) is 0.750. The minimum Gasteiger partial charge on any atom is -0.383 e. The Morgan fingerprint density at radius 2 is 2.56 bits per heavy atom. The fourth-order valence-electron chi connectivity index (χ4n) is 2.28. The topological polar surface area (TPSA) is 39.1 Å². The average molecular weight is 223 g/mol. The molecule has 4 heteroatoms. The van der Waals surface area contributed by atoms with Crippen molar-refractivity contribution in [3.05, 3.63) is 18.2 Å². The number of nitrogens with one attached hydrogen (secondary N) is 1. The maximum Gasteiger partial charge on any atom is 0.108 e. The van der Waals surface area contributed by atoms with Crippen LogP contribution in [0.25, 0.3) is 0 Å². The summed E-state index contributed by atoms with van der Waals surface area (Å²) in [5.41, 5.74) is 0. The first-order chi connectivity index (χ1) is 7.79. The van der Waals surface area contributed by atoms with E-state index in [-0.39, 0.29) is 0 Å². The van der Waals surface area contributed by atoms with E-state index in [9.17, 15) is 0 Å². The third kappa shape index (κ3) is 2.83. The summed E-state index contributed by atoms with van der Waals surface area (Å²) in [6.45, 7) is 5.11. The van der Waals surface area contributed by atoms with Crippen LogP contribution in [-0.2, 0) is 17.7 Å². The molecule has 0 radical (unpaired) electrons. The zero-order chi connectivity index (χ0) is 11.4. The zero-order valence-corrected chi connectivity index (χ0v) is 10.1. The summed E-state index contributed by atoms with van der Waals surface area (Å²) in [7, 11) is 1.75. The second-order valence-corrected chi connectivity index (χ2v) is 4.67. The summed E-state index contributed by atoms with van der Waals surface area (Å²) in [6, 6.07) is 0.439. The summed E-state index contributed by atoms with van der Waals surface area (Å²) in [5, 5.41) is 3.52. The number of nitrogens with zero attached hydrogens (tertiary/aromatic N) is 2. The highest BCUT2D eigenvalue weighted by Crippen LogP contribution is 2.17. The van der Waals surface area contributed by atoms with Gasteiger partial charge in [-0.05, 0) is 19.3 Å². The van der Waals surface area contributed by atoms with Gasteiger partial charge in [-0.1, -0.05) is 0 Å². The zero-order valence-electron chi connectivity index (χ0n) is 10.1. The van der Waals surface area contributed by atoms with Crippen LogP contribution in [0.4, 0.5) is 0 Å². The Kier molecular flexibility index (Phi) is 3.96. The monoisotopic (exact) mass is 223 g/mol. The van der Waals surface area contributed by atoms with Gasteiger partial charge in [-0.25, -0.2) is 4.98 Å². The van der Waals surface area contributed by atoms with Crippen LogP contribution in [-0.4, -0.2) is 35.9 Å². The number of aryl methyl sites for hydroxylation is 1. The summed E-state index contributed by atoms with van der Waals surface area (Å²) < 4.78 is 7.38. The first-order valence-corrected chi connectivity index (χ1v) is 6.02. The van der Waals surface area contributed by atoms with Crippen molar-refractivity contribution in [1.82, 2.24) is 14.9 Å². The van der Waals surface area contributed by atoms with Crippen LogP contribution in [0.15, 0.2) is 12.4 Å². The Morgan fingerprint density at radius 1 is 1.69 bits per heavy atom. The largest absolute Gasteiger partial charge is 0.383 e. The van der Waals surface area contributed by atoms with Crippen molar-refractivity contribution < 1.29 is 4.74 Å². The molecule has 0 unspecified atom stereocenters. The Labute approximate surface area is 97.0 Å². The van der Waals surface area contributed by atoms with Crippen molar-refractivity contribution in [3.8, 4) is 0 Å². The van der Waals surface area contributed by atoms with Gasteiger partial charge in [0.15, 0.2) is 0 Å². The fourth-order valence-corrected chi connectivity index (χ4v) is 2.28. The summed E-state index contributed by atoms with van der Waals surface area (Å²) in [6.07, 6.45) is 6.33. The number of fused-ring (bicyclic) bond motifs is 1. The van der Waals surface area contributed by atoms with Crippen LogP contribution in [0.2, 0.25) is 0 Å². The first kappa shape index (κ1) is 11.6. The maximum atomic E-state index is 5.11. The molecule has 2 atom stereocenters. The molecule has 0 aliphatic carbocycles. The number of methoxy groups -OCH3 is 1. The van der Waals surface area contributed by atoms with E-state index in [2.05, 4.69) is 28.0 Å². The SMILES string of the molecule is COC[C@H](C)NC[C@@H]1CCc2nccn2C1. The molecular weight excluding hydrogens is 202 g/mol. The van der Waals surface area contributed by atoms with Gasteiger partial charge in [0.1, 0.15) is 5.82 Å². The van der Waals surface area contributed by atoms with Gasteiger partial charge in [-0.2, -0.15) is 0 Å². The second-order valence-electron chi connectivity index (χ2n) is 4.67. The normalized spacial score (nSPS) is 21.8. The number of imidazole rings is 1. The van der Waals surface area contributed by atoms with Crippen molar-refractivity contribution in [2.45, 2.75) is 32.4 Å². The molecule has 0 amide bonds. The molecule has 2 heterocycles. The van der Waals surface area contributed by atoms with E-state index >= 15 is 0 Å². The molecule has 16 heavy (non-hydrogen) atoms. The van der Waals surface area contributed by atoms with Gasteiger partial charge >= 0.3 is 0 Å². The van der Waals surface area contributed by atoms with Crippen LogP contribution in [0, 0.1) is 5.92 Å². The minimum absolute atomic E-state index is 0.439. The molecule has 90 valence electrons. The lowest BCUT2D eigenvalue weighted by Gasteiger charge is -2.25. The summed E-state index contributed by atoms with van der Waals surface area (Å²) in [4.78, 5) is 4.34. The Morgan fingerprint density at radius 3 is 3.38 bits per heavy atom. The molecule has 2 rings (SSSR count). The molecule has 0 saturated heterocycles. The van der Waals surface area contributed by atoms with Gasteiger partial charge < -0.3 is 14.6 Å². The lowest BCUT2D eigenvalue weighted by molar-refractivity contribution is 0.168. The van der Waals surface area contributed by atoms with E-state index in [1.54, 1.807) is 7.11 Å². The van der Waals surface area contributed by atoms with E-state index in [0.717, 1.165) is 32.0 Å². The molecule has 0 spiro atoms. The van der Waals surface area contributed by atoms with Gasteiger partial charge in [0, 0.05) is 45.1 Å². The number of aromatic nitrogens is 2. The van der Waals surface area contributed by atoms with Gasteiger partial charge in [0.05, 0.1) is 6.61 Å². The third-order valence-electron chi connectivity index (χ3n) is 3.20. The highest BCUT2D eigenvalue weighted by atomic mass is 16.5. The predicted molar refractivity (Wildman–Crippen MR) is 63.4 cm³/mol. The van der Waals surface area contributed by atoms with E-state index in [1.807, 2.05) is 6.20 Å². The minimum atomic E-state index is 0.439. The van der Waals surface area contributed by atoms with Crippen LogP contribution >= 0.6 is 0 Å². The van der Waals surface area contributed by atoms with Crippen molar-refractivity contribution in [1.29, 1.82) is 0 Å². The predicted octanol–water partition coefficient (Wildman–Crippen LogP) is 1.07. The molecule has 1 aliphatic rings. The molecule has 1 aromatic rings. The molecule has 0 saturated carbocycles. The molecule has 0 fully saturated rings. The number of ether oxygens (including phenoxy) is 1. The van der Waals surface area contributed by atoms with Gasteiger partial charge in [-0.3, -0.25) is 0 Å². The Balaban J connectivity index is 1.77. The molecule has 1 aromatic heterocycles. The van der Waals surface area contributed by atoms with Crippen LogP contribution in [0.1, 0.15) is 19.2 Å². The maximum absolute atomic E-state index is 5.11. The van der Waals surface area contributed by atoms with Crippen molar-refractivity contribution in [2.24, 2.45) is 5.92 Å². The van der Waals surface area contributed by atoms with E-state index in [1.165, 1.54) is 12.2 Å². The summed E-state index contributed by atoms with van der Waals surface area (Å²) in [5.74, 6) is 1.96. The number of hydrogen-bond donors (Lipinski definition) is 1. The standard InChI is InChI=1S/C12H21N3O/c1-10(9-16-2)14-7-11-3-4-12-13-5-6-15(12)8-11/h5-6,10-11,14H,3-4,7-9H2,1-2H3/t10-,11-/m0/s1. The third-order valence-corrected chi connectivity index (χ3v) is 3.20. The van der Waals surface area contributed by atoms with Gasteiger partial charge in [-0.15, -0.1) is 0 Å². The van der Waals surface area contributed by atoms with Crippen molar-refractivity contribution in [2.75, 3.05) is 20.3 Å². The second kappa shape index (κ2) is 5.46. The smallest absolute Gasteiger partial charge is 0.108 e. The summed E-state index contributed by atoms with van der Waals surface area (Å²) >= 11 is 0. The van der Waals surface area contributed by atoms with Crippen molar-refractivity contribution in [3.63, 3.8) is 0 Å². The molecular formula is C12H21N3O. The highest BCUT2D eigenvalue weighted by Gasteiger charge is 2.18. The molecule has 0 bridgehead atoms. The van der Waals surface area contributed by atoms with Crippen molar-refractivity contribution >= 4 is 0 Å². The van der Waals surface area contributed by atoms with Gasteiger partial charge in [0.2, 0.25) is 0 Å². The lowest BCUT2D eigenvalue weighted by atomic mass is 9.99. The van der Waals surface area contributed by atoms with Crippen LogP contribution < -0.4 is 5.32 Å². The van der Waals surface area contributed by atoms with E-state index < -0.39 is 0 Å². The number of rotatable bonds is 5. The quantitative estimate of drug-likeness (QED) is 0.811. The molecule has 1 aliphatic heterocycles. The first-order valence-electron chi connectivity index (χ1n) is 6.02.